The van der Waals surface area contributed by atoms with Crippen molar-refractivity contribution < 1.29 is 13.2 Å². The van der Waals surface area contributed by atoms with Crippen LogP contribution < -0.4 is 5.32 Å². The van der Waals surface area contributed by atoms with E-state index in [9.17, 15) is 13.2 Å². The number of hydrogen-bond donors (Lipinski definition) is 1. The smallest absolute Gasteiger partial charge is 0.161 e. The molecule has 1 aliphatic heterocycles. The highest BCUT2D eigenvalue weighted by Gasteiger charge is 2.35. The van der Waals surface area contributed by atoms with Crippen LogP contribution in [-0.2, 0) is 0 Å². The Labute approximate surface area is 142 Å². The number of rotatable bonds is 2. The maximum absolute atomic E-state index is 14.1. The lowest BCUT2D eigenvalue weighted by Gasteiger charge is -2.42. The van der Waals surface area contributed by atoms with Crippen LogP contribution in [0.15, 0.2) is 12.1 Å². The van der Waals surface area contributed by atoms with Crippen molar-refractivity contribution in [2.45, 2.75) is 26.8 Å². The molecule has 1 aromatic carbocycles. The van der Waals surface area contributed by atoms with Crippen LogP contribution in [0.25, 0.3) is 0 Å². The van der Waals surface area contributed by atoms with E-state index in [2.05, 4.69) is 10.2 Å². The van der Waals surface area contributed by atoms with E-state index in [4.69, 9.17) is 0 Å². The van der Waals surface area contributed by atoms with E-state index >= 15 is 0 Å². The van der Waals surface area contributed by atoms with Gasteiger partial charge >= 0.3 is 0 Å². The molecule has 128 valence electrons. The summed E-state index contributed by atoms with van der Waals surface area (Å²) in [6, 6.07) is 1.37. The molecule has 2 nitrogen and oxygen atoms in total. The summed E-state index contributed by atoms with van der Waals surface area (Å²) >= 11 is 0. The zero-order valence-corrected chi connectivity index (χ0v) is 14.6. The number of benzene rings is 1. The van der Waals surface area contributed by atoms with Crippen LogP contribution in [0.3, 0.4) is 0 Å². The Morgan fingerprint density at radius 3 is 1.95 bits per heavy atom. The van der Waals surface area contributed by atoms with Crippen molar-refractivity contribution in [1.29, 1.82) is 0 Å². The van der Waals surface area contributed by atoms with Gasteiger partial charge < -0.3 is 5.32 Å². The van der Waals surface area contributed by atoms with Crippen molar-refractivity contribution in [2.75, 3.05) is 26.2 Å². The second kappa shape index (κ2) is 8.39. The van der Waals surface area contributed by atoms with Gasteiger partial charge in [0.2, 0.25) is 0 Å². The number of hydrogen-bond acceptors (Lipinski definition) is 2. The van der Waals surface area contributed by atoms with E-state index in [1.807, 2.05) is 20.8 Å². The first-order chi connectivity index (χ1) is 9.30. The Morgan fingerprint density at radius 1 is 0.955 bits per heavy atom. The maximum Gasteiger partial charge on any atom is 0.161 e. The molecule has 2 rings (SSSR count). The van der Waals surface area contributed by atoms with Crippen LogP contribution in [-0.4, -0.2) is 31.1 Å². The Bertz CT molecular complexity index is 486. The SMILES string of the molecule is CC(C)(C)[C@H](c1cc(F)c(F)cc1F)N1CCNCC1.Cl.Cl. The molecule has 0 bridgehead atoms. The highest BCUT2D eigenvalue weighted by molar-refractivity contribution is 5.85. The molecule has 1 N–H and O–H groups in total. The second-order valence-corrected chi connectivity index (χ2v) is 6.34. The van der Waals surface area contributed by atoms with Crippen molar-refractivity contribution >= 4 is 24.8 Å². The Hall–Kier alpha value is -0.490. The molecular formula is C15H23Cl2F3N2. The summed E-state index contributed by atoms with van der Waals surface area (Å²) < 4.78 is 40.7. The average Bonchev–Trinajstić information content (AvgIpc) is 2.35. The van der Waals surface area contributed by atoms with Crippen molar-refractivity contribution in [3.8, 4) is 0 Å². The van der Waals surface area contributed by atoms with E-state index in [1.54, 1.807) is 0 Å². The van der Waals surface area contributed by atoms with E-state index in [1.165, 1.54) is 0 Å². The monoisotopic (exact) mass is 358 g/mol. The molecule has 1 aliphatic rings. The van der Waals surface area contributed by atoms with Crippen LogP contribution in [0.5, 0.6) is 0 Å². The van der Waals surface area contributed by atoms with Gasteiger partial charge in [-0.1, -0.05) is 20.8 Å². The molecule has 0 radical (unpaired) electrons. The van der Waals surface area contributed by atoms with Gasteiger partial charge in [0.1, 0.15) is 5.82 Å². The largest absolute Gasteiger partial charge is 0.314 e. The average molecular weight is 359 g/mol. The highest BCUT2D eigenvalue weighted by atomic mass is 35.5. The molecule has 22 heavy (non-hydrogen) atoms. The number of piperazine rings is 1. The van der Waals surface area contributed by atoms with Gasteiger partial charge in [0.05, 0.1) is 0 Å². The van der Waals surface area contributed by atoms with Gasteiger partial charge in [0, 0.05) is 43.9 Å². The van der Waals surface area contributed by atoms with Crippen molar-refractivity contribution in [3.05, 3.63) is 35.1 Å². The molecule has 7 heteroatoms. The Kier molecular flexibility index (Phi) is 8.20. The fourth-order valence-corrected chi connectivity index (χ4v) is 2.90. The lowest BCUT2D eigenvalue weighted by atomic mass is 9.80. The first-order valence-electron chi connectivity index (χ1n) is 6.90. The van der Waals surface area contributed by atoms with Gasteiger partial charge in [-0.25, -0.2) is 13.2 Å². The molecule has 1 atom stereocenters. The summed E-state index contributed by atoms with van der Waals surface area (Å²) in [6.07, 6.45) is 0. The minimum Gasteiger partial charge on any atom is -0.314 e. The van der Waals surface area contributed by atoms with Crippen LogP contribution in [0.1, 0.15) is 32.4 Å². The van der Waals surface area contributed by atoms with Gasteiger partial charge in [-0.05, 0) is 11.5 Å². The summed E-state index contributed by atoms with van der Waals surface area (Å²) in [5.41, 5.74) is -0.0408. The molecule has 0 amide bonds. The van der Waals surface area contributed by atoms with E-state index in [-0.39, 0.29) is 41.8 Å². The van der Waals surface area contributed by atoms with Gasteiger partial charge in [-0.15, -0.1) is 24.8 Å². The predicted molar refractivity (Wildman–Crippen MR) is 87.5 cm³/mol. The topological polar surface area (TPSA) is 15.3 Å². The fraction of sp³-hybridized carbons (Fsp3) is 0.600. The zero-order chi connectivity index (χ0) is 14.9. The van der Waals surface area contributed by atoms with Crippen molar-refractivity contribution in [1.82, 2.24) is 10.2 Å². The van der Waals surface area contributed by atoms with Crippen LogP contribution in [0.2, 0.25) is 0 Å². The standard InChI is InChI=1S/C15H21F3N2.2ClH/c1-15(2,3)14(20-6-4-19-5-7-20)10-8-12(17)13(18)9-11(10)16;;/h8-9,14,19H,4-7H2,1-3H3;2*1H/t14-;;/m0../s1. The summed E-state index contributed by atoms with van der Waals surface area (Å²) in [5, 5.41) is 3.24. The highest BCUT2D eigenvalue weighted by Crippen LogP contribution is 2.39. The molecule has 1 fully saturated rings. The molecule has 0 aromatic heterocycles. The van der Waals surface area contributed by atoms with E-state index < -0.39 is 17.5 Å². The minimum atomic E-state index is -1.14. The third-order valence-electron chi connectivity index (χ3n) is 3.67. The second-order valence-electron chi connectivity index (χ2n) is 6.34. The minimum absolute atomic E-state index is 0. The molecule has 0 saturated carbocycles. The number of halogens is 5. The molecule has 1 heterocycles. The van der Waals surface area contributed by atoms with Gasteiger partial charge in [-0.2, -0.15) is 0 Å². The molecular weight excluding hydrogens is 336 g/mol. The summed E-state index contributed by atoms with van der Waals surface area (Å²) in [5.74, 6) is -2.81. The zero-order valence-electron chi connectivity index (χ0n) is 13.0. The third-order valence-corrected chi connectivity index (χ3v) is 3.67. The molecule has 0 unspecified atom stereocenters. The Morgan fingerprint density at radius 2 is 1.45 bits per heavy atom. The van der Waals surface area contributed by atoms with Gasteiger partial charge in [-0.3, -0.25) is 4.90 Å². The van der Waals surface area contributed by atoms with Crippen LogP contribution in [0, 0.1) is 22.9 Å². The summed E-state index contributed by atoms with van der Waals surface area (Å²) in [4.78, 5) is 2.13. The third kappa shape index (κ3) is 4.75. The first-order valence-corrected chi connectivity index (χ1v) is 6.90. The van der Waals surface area contributed by atoms with Crippen molar-refractivity contribution in [2.24, 2.45) is 5.41 Å². The molecule has 0 spiro atoms. The van der Waals surface area contributed by atoms with Gasteiger partial charge in [0.15, 0.2) is 11.6 Å². The summed E-state index contributed by atoms with van der Waals surface area (Å²) in [7, 11) is 0. The lowest BCUT2D eigenvalue weighted by molar-refractivity contribution is 0.0830. The number of nitrogens with one attached hydrogen (secondary N) is 1. The normalized spacial score (nSPS) is 17.4. The van der Waals surface area contributed by atoms with Gasteiger partial charge in [0.25, 0.3) is 0 Å². The van der Waals surface area contributed by atoms with E-state index in [0.717, 1.165) is 32.2 Å². The molecule has 1 aromatic rings. The number of nitrogens with zero attached hydrogens (tertiary/aromatic N) is 1. The van der Waals surface area contributed by atoms with E-state index in [0.29, 0.717) is 6.07 Å². The summed E-state index contributed by atoms with van der Waals surface area (Å²) in [6.45, 7) is 9.12. The molecule has 1 saturated heterocycles. The maximum atomic E-state index is 14.1. The lowest BCUT2D eigenvalue weighted by Crippen LogP contribution is -2.48. The van der Waals surface area contributed by atoms with Crippen LogP contribution >= 0.6 is 24.8 Å². The molecule has 0 aliphatic carbocycles. The quantitative estimate of drug-likeness (QED) is 0.805. The van der Waals surface area contributed by atoms with Crippen LogP contribution in [0.4, 0.5) is 13.2 Å². The predicted octanol–water partition coefficient (Wildman–Crippen LogP) is 3.94. The first kappa shape index (κ1) is 21.5. The van der Waals surface area contributed by atoms with Crippen molar-refractivity contribution in [3.63, 3.8) is 0 Å². The fourth-order valence-electron chi connectivity index (χ4n) is 2.90. The Balaban J connectivity index is 0.00000220.